The molecule has 2 rings (SSSR count). The average Bonchev–Trinajstić information content (AvgIpc) is 2.47. The summed E-state index contributed by atoms with van der Waals surface area (Å²) in [4.78, 5) is 12.0. The third-order valence-corrected chi connectivity index (χ3v) is 3.40. The molecule has 21 heavy (non-hydrogen) atoms. The molecule has 0 bridgehead atoms. The monoisotopic (exact) mass is 324 g/mol. The van der Waals surface area contributed by atoms with Crippen molar-refractivity contribution in [3.05, 3.63) is 63.6 Å². The van der Waals surface area contributed by atoms with Gasteiger partial charge in [0.2, 0.25) is 0 Å². The van der Waals surface area contributed by atoms with Crippen LogP contribution in [0.25, 0.3) is 0 Å². The van der Waals surface area contributed by atoms with E-state index in [1.807, 2.05) is 12.1 Å². The van der Waals surface area contributed by atoms with Crippen molar-refractivity contribution in [3.63, 3.8) is 0 Å². The van der Waals surface area contributed by atoms with Gasteiger partial charge in [-0.1, -0.05) is 35.3 Å². The fraction of sp³-hybridized carbons (Fsp3) is 0.188. The highest BCUT2D eigenvalue weighted by Crippen LogP contribution is 2.25. The number of carbonyl (C=O) groups excluding carboxylic acids is 1. The van der Waals surface area contributed by atoms with Gasteiger partial charge in [0.25, 0.3) is 0 Å². The zero-order valence-corrected chi connectivity index (χ0v) is 12.9. The minimum absolute atomic E-state index is 0.0187. The van der Waals surface area contributed by atoms with Crippen LogP contribution in [0, 0.1) is 0 Å². The van der Waals surface area contributed by atoms with Gasteiger partial charge in [0, 0.05) is 10.6 Å². The van der Waals surface area contributed by atoms with Crippen LogP contribution in [0.5, 0.6) is 5.75 Å². The molecular weight excluding hydrogens is 311 g/mol. The van der Waals surface area contributed by atoms with E-state index in [1.165, 1.54) is 7.11 Å². The summed E-state index contributed by atoms with van der Waals surface area (Å²) in [6.45, 7) is 0.311. The van der Waals surface area contributed by atoms with Crippen molar-refractivity contribution in [2.45, 2.75) is 6.61 Å². The molecule has 0 heterocycles. The Morgan fingerprint density at radius 3 is 2.62 bits per heavy atom. The van der Waals surface area contributed by atoms with Gasteiger partial charge >= 0.3 is 0 Å². The molecule has 0 N–H and O–H groups in total. The van der Waals surface area contributed by atoms with Crippen LogP contribution >= 0.6 is 23.2 Å². The number of Topliss-reactive ketones (excluding diaryl/α,β-unsaturated/α-hetero) is 1. The van der Waals surface area contributed by atoms with E-state index >= 15 is 0 Å². The molecule has 0 spiro atoms. The molecule has 2 aromatic rings. The number of methoxy groups -OCH3 is 1. The van der Waals surface area contributed by atoms with Gasteiger partial charge in [-0.2, -0.15) is 0 Å². The van der Waals surface area contributed by atoms with Crippen molar-refractivity contribution in [1.29, 1.82) is 0 Å². The third kappa shape index (κ3) is 4.46. The molecule has 0 atom stereocenters. The summed E-state index contributed by atoms with van der Waals surface area (Å²) in [6.07, 6.45) is 0. The molecule has 110 valence electrons. The van der Waals surface area contributed by atoms with E-state index in [0.29, 0.717) is 28.0 Å². The first kappa shape index (κ1) is 15.8. The molecule has 0 aliphatic carbocycles. The largest absolute Gasteiger partial charge is 0.495 e. The number of ether oxygens (including phenoxy) is 2. The van der Waals surface area contributed by atoms with Gasteiger partial charge in [-0.05, 0) is 35.9 Å². The maximum atomic E-state index is 12.0. The molecule has 0 saturated carbocycles. The van der Waals surface area contributed by atoms with Gasteiger partial charge in [0.15, 0.2) is 5.78 Å². The van der Waals surface area contributed by atoms with Crippen LogP contribution < -0.4 is 4.74 Å². The topological polar surface area (TPSA) is 35.5 Å². The highest BCUT2D eigenvalue weighted by Gasteiger charge is 2.09. The number of carbonyl (C=O) groups is 1. The van der Waals surface area contributed by atoms with E-state index in [0.717, 1.165) is 5.56 Å². The highest BCUT2D eigenvalue weighted by molar-refractivity contribution is 6.32. The zero-order chi connectivity index (χ0) is 15.2. The molecule has 0 aromatic heterocycles. The Balaban J connectivity index is 1.91. The fourth-order valence-corrected chi connectivity index (χ4v) is 2.28. The lowest BCUT2D eigenvalue weighted by Gasteiger charge is -2.07. The van der Waals surface area contributed by atoms with Crippen LogP contribution in [0.2, 0.25) is 10.0 Å². The second-order valence-electron chi connectivity index (χ2n) is 4.40. The highest BCUT2D eigenvalue weighted by atomic mass is 35.5. The Kier molecular flexibility index (Phi) is 5.62. The molecule has 0 amide bonds. The van der Waals surface area contributed by atoms with Crippen molar-refractivity contribution < 1.29 is 14.3 Å². The number of hydrogen-bond acceptors (Lipinski definition) is 3. The summed E-state index contributed by atoms with van der Waals surface area (Å²) in [6, 6.07) is 12.2. The first-order valence-corrected chi connectivity index (χ1v) is 7.04. The predicted molar refractivity (Wildman–Crippen MR) is 83.4 cm³/mol. The summed E-state index contributed by atoms with van der Waals surface area (Å²) < 4.78 is 10.4. The van der Waals surface area contributed by atoms with E-state index in [-0.39, 0.29) is 12.4 Å². The van der Waals surface area contributed by atoms with Gasteiger partial charge in [-0.15, -0.1) is 0 Å². The lowest BCUT2D eigenvalue weighted by Crippen LogP contribution is -2.09. The van der Waals surface area contributed by atoms with Gasteiger partial charge < -0.3 is 9.47 Å². The van der Waals surface area contributed by atoms with E-state index in [4.69, 9.17) is 32.7 Å². The lowest BCUT2D eigenvalue weighted by molar-refractivity contribution is 0.0726. The Morgan fingerprint density at radius 2 is 1.95 bits per heavy atom. The number of ketones is 1. The molecule has 0 unspecified atom stereocenters. The number of halogens is 2. The fourth-order valence-electron chi connectivity index (χ4n) is 1.81. The summed E-state index contributed by atoms with van der Waals surface area (Å²) in [5, 5.41) is 1.04. The Hall–Kier alpha value is -1.55. The second kappa shape index (κ2) is 7.46. The van der Waals surface area contributed by atoms with Crippen molar-refractivity contribution in [3.8, 4) is 5.75 Å². The van der Waals surface area contributed by atoms with Crippen LogP contribution in [0.1, 0.15) is 15.9 Å². The van der Waals surface area contributed by atoms with Crippen LogP contribution in [0.3, 0.4) is 0 Å². The van der Waals surface area contributed by atoms with E-state index in [9.17, 15) is 4.79 Å². The van der Waals surface area contributed by atoms with Crippen LogP contribution in [-0.4, -0.2) is 19.5 Å². The van der Waals surface area contributed by atoms with Crippen LogP contribution in [0.15, 0.2) is 42.5 Å². The number of benzene rings is 2. The molecule has 0 aliphatic heterocycles. The standard InChI is InChI=1S/C16H14Cl2O3/c1-20-16-6-5-12(8-14(16)18)15(19)10-21-9-11-3-2-4-13(17)7-11/h2-8H,9-10H2,1H3. The molecule has 5 heteroatoms. The Morgan fingerprint density at radius 1 is 1.14 bits per heavy atom. The molecule has 0 saturated heterocycles. The Bertz CT molecular complexity index is 641. The minimum Gasteiger partial charge on any atom is -0.495 e. The molecule has 3 nitrogen and oxygen atoms in total. The lowest BCUT2D eigenvalue weighted by atomic mass is 10.1. The first-order valence-electron chi connectivity index (χ1n) is 6.29. The Labute approximate surface area is 133 Å². The SMILES string of the molecule is COc1ccc(C(=O)COCc2cccc(Cl)c2)cc1Cl. The molecule has 0 aliphatic rings. The summed E-state index contributed by atoms with van der Waals surface area (Å²) in [5.41, 5.74) is 1.41. The molecular formula is C16H14Cl2O3. The molecule has 2 aromatic carbocycles. The first-order chi connectivity index (χ1) is 10.1. The van der Waals surface area contributed by atoms with Crippen molar-refractivity contribution in [1.82, 2.24) is 0 Å². The quantitative estimate of drug-likeness (QED) is 0.739. The van der Waals surface area contributed by atoms with Gasteiger partial charge in [0.05, 0.1) is 18.7 Å². The van der Waals surface area contributed by atoms with Gasteiger partial charge in [0.1, 0.15) is 12.4 Å². The number of hydrogen-bond donors (Lipinski definition) is 0. The maximum Gasteiger partial charge on any atom is 0.188 e. The van der Waals surface area contributed by atoms with E-state index < -0.39 is 0 Å². The summed E-state index contributed by atoms with van der Waals surface area (Å²) in [5.74, 6) is 0.398. The smallest absolute Gasteiger partial charge is 0.188 e. The van der Waals surface area contributed by atoms with Crippen LogP contribution in [0.4, 0.5) is 0 Å². The predicted octanol–water partition coefficient (Wildman–Crippen LogP) is 4.40. The van der Waals surface area contributed by atoms with Crippen molar-refractivity contribution in [2.75, 3.05) is 13.7 Å². The van der Waals surface area contributed by atoms with E-state index in [2.05, 4.69) is 0 Å². The normalized spacial score (nSPS) is 10.4. The van der Waals surface area contributed by atoms with E-state index in [1.54, 1.807) is 30.3 Å². The molecule has 0 radical (unpaired) electrons. The van der Waals surface area contributed by atoms with Crippen molar-refractivity contribution >= 4 is 29.0 Å². The minimum atomic E-state index is -0.137. The maximum absolute atomic E-state index is 12.0. The van der Waals surface area contributed by atoms with Gasteiger partial charge in [-0.3, -0.25) is 4.79 Å². The van der Waals surface area contributed by atoms with Crippen LogP contribution in [-0.2, 0) is 11.3 Å². The second-order valence-corrected chi connectivity index (χ2v) is 5.24. The van der Waals surface area contributed by atoms with Gasteiger partial charge in [-0.25, -0.2) is 0 Å². The summed E-state index contributed by atoms with van der Waals surface area (Å²) in [7, 11) is 1.52. The molecule has 0 fully saturated rings. The number of rotatable bonds is 6. The summed E-state index contributed by atoms with van der Waals surface area (Å²) >= 11 is 11.9. The van der Waals surface area contributed by atoms with Crippen molar-refractivity contribution in [2.24, 2.45) is 0 Å². The third-order valence-electron chi connectivity index (χ3n) is 2.86. The average molecular weight is 325 g/mol. The zero-order valence-electron chi connectivity index (χ0n) is 11.4.